The van der Waals surface area contributed by atoms with Gasteiger partial charge in [-0.1, -0.05) is 36.4 Å². The number of halogens is 1. The van der Waals surface area contributed by atoms with Gasteiger partial charge in [-0.05, 0) is 127 Å². The molecule has 1 fully saturated rings. The number of hydrogen-bond donors (Lipinski definition) is 1. The third kappa shape index (κ3) is 5.19. The molecule has 1 unspecified atom stereocenters. The highest BCUT2D eigenvalue weighted by Crippen LogP contribution is 2.42. The number of hydrogen-bond acceptors (Lipinski definition) is 3. The van der Waals surface area contributed by atoms with Crippen molar-refractivity contribution >= 4 is 28.2 Å². The Bertz CT molecular complexity index is 1390. The van der Waals surface area contributed by atoms with Crippen LogP contribution in [0.15, 0.2) is 65.7 Å². The topological polar surface area (TPSA) is 41.6 Å². The summed E-state index contributed by atoms with van der Waals surface area (Å²) in [6, 6.07) is 22.6. The molecule has 2 aliphatic heterocycles. The monoisotopic (exact) mass is 507 g/mol. The summed E-state index contributed by atoms with van der Waals surface area (Å²) in [5, 5.41) is 0. The van der Waals surface area contributed by atoms with E-state index in [0.29, 0.717) is 12.3 Å². The van der Waals surface area contributed by atoms with Gasteiger partial charge < -0.3 is 10.6 Å². The van der Waals surface area contributed by atoms with Gasteiger partial charge in [0.2, 0.25) is 0 Å². The maximum atomic E-state index is 12.6. The first-order valence-electron chi connectivity index (χ1n) is 14.2. The van der Waals surface area contributed by atoms with E-state index in [1.165, 1.54) is 56.7 Å². The second-order valence-electron chi connectivity index (χ2n) is 11.4. The predicted molar refractivity (Wildman–Crippen MR) is 158 cm³/mol. The lowest BCUT2D eigenvalue weighted by Crippen LogP contribution is -2.22. The van der Waals surface area contributed by atoms with Crippen LogP contribution in [0.2, 0.25) is 0 Å². The first kappa shape index (κ1) is 25.1. The van der Waals surface area contributed by atoms with E-state index in [2.05, 4.69) is 66.4 Å². The highest BCUT2D eigenvalue weighted by molar-refractivity contribution is 6.01. The number of likely N-dealkylation sites (tertiary alicyclic amines) is 1. The second kappa shape index (κ2) is 10.9. The van der Waals surface area contributed by atoms with Crippen LogP contribution < -0.4 is 5.73 Å². The summed E-state index contributed by atoms with van der Waals surface area (Å²) in [5.74, 6) is 0.661. The van der Waals surface area contributed by atoms with Crippen molar-refractivity contribution in [3.8, 4) is 0 Å². The van der Waals surface area contributed by atoms with Gasteiger partial charge in [-0.15, -0.1) is 0 Å². The molecular weight excluding hydrogens is 469 g/mol. The zero-order chi connectivity index (χ0) is 26.1. The Morgan fingerprint density at radius 2 is 1.82 bits per heavy atom. The second-order valence-corrected chi connectivity index (χ2v) is 11.4. The van der Waals surface area contributed by atoms with E-state index in [-0.39, 0.29) is 6.67 Å². The van der Waals surface area contributed by atoms with E-state index in [1.807, 2.05) is 6.07 Å². The predicted octanol–water partition coefficient (Wildman–Crippen LogP) is 7.44. The van der Waals surface area contributed by atoms with Crippen molar-refractivity contribution in [2.24, 2.45) is 10.9 Å². The van der Waals surface area contributed by atoms with Gasteiger partial charge in [-0.2, -0.15) is 0 Å². The van der Waals surface area contributed by atoms with Crippen LogP contribution in [0.1, 0.15) is 66.0 Å². The van der Waals surface area contributed by atoms with E-state index in [1.54, 1.807) is 0 Å². The molecule has 0 radical (unpaired) electrons. The molecule has 1 atom stereocenters. The van der Waals surface area contributed by atoms with Crippen LogP contribution in [-0.4, -0.2) is 36.9 Å². The maximum absolute atomic E-state index is 12.6. The number of allylic oxidation sites excluding steroid dienone is 1. The van der Waals surface area contributed by atoms with Gasteiger partial charge in [0.05, 0.1) is 12.4 Å². The average Bonchev–Trinajstić information content (AvgIpc) is 3.47. The summed E-state index contributed by atoms with van der Waals surface area (Å²) < 4.78 is 12.6. The van der Waals surface area contributed by atoms with Crippen LogP contribution in [0.5, 0.6) is 0 Å². The van der Waals surface area contributed by atoms with Gasteiger partial charge in [0.1, 0.15) is 0 Å². The first-order valence-corrected chi connectivity index (χ1v) is 14.2. The number of benzene rings is 3. The minimum absolute atomic E-state index is 0.213. The molecule has 196 valence electrons. The van der Waals surface area contributed by atoms with Gasteiger partial charge in [0.25, 0.3) is 0 Å². The molecule has 3 aromatic rings. The van der Waals surface area contributed by atoms with Gasteiger partial charge in [0, 0.05) is 30.9 Å². The van der Waals surface area contributed by atoms with E-state index in [9.17, 15) is 4.39 Å². The molecule has 0 aromatic heterocycles. The SMILES string of the molecule is CC1=Nc2ccc(C3=C(c4ccc(CC5CCN(CCCF)C5)cc4)c4ccc(N)cc4CCC3)cc2C1. The molecule has 0 bridgehead atoms. The van der Waals surface area contributed by atoms with E-state index < -0.39 is 0 Å². The lowest BCUT2D eigenvalue weighted by atomic mass is 9.86. The molecule has 3 nitrogen and oxygen atoms in total. The number of anilines is 1. The van der Waals surface area contributed by atoms with Crippen LogP contribution in [0.25, 0.3) is 11.1 Å². The number of nitrogens with two attached hydrogens (primary N) is 1. The van der Waals surface area contributed by atoms with Gasteiger partial charge in [-0.3, -0.25) is 9.38 Å². The molecule has 38 heavy (non-hydrogen) atoms. The number of nitrogen functional groups attached to an aromatic ring is 1. The summed E-state index contributed by atoms with van der Waals surface area (Å²) in [6.45, 7) is 4.99. The third-order valence-corrected chi connectivity index (χ3v) is 8.50. The molecule has 0 saturated carbocycles. The highest BCUT2D eigenvalue weighted by Gasteiger charge is 2.24. The van der Waals surface area contributed by atoms with Gasteiger partial charge in [0.15, 0.2) is 0 Å². The van der Waals surface area contributed by atoms with Crippen LogP contribution in [0, 0.1) is 5.92 Å². The summed E-state index contributed by atoms with van der Waals surface area (Å²) >= 11 is 0. The average molecular weight is 508 g/mol. The van der Waals surface area contributed by atoms with E-state index >= 15 is 0 Å². The van der Waals surface area contributed by atoms with Gasteiger partial charge >= 0.3 is 0 Å². The van der Waals surface area contributed by atoms with Crippen molar-refractivity contribution < 1.29 is 4.39 Å². The van der Waals surface area contributed by atoms with Crippen molar-refractivity contribution in [2.45, 2.75) is 51.9 Å². The molecule has 2 heterocycles. The molecule has 2 N–H and O–H groups in total. The Balaban J connectivity index is 1.34. The van der Waals surface area contributed by atoms with E-state index in [4.69, 9.17) is 10.7 Å². The van der Waals surface area contributed by atoms with E-state index in [0.717, 1.165) is 63.1 Å². The van der Waals surface area contributed by atoms with Crippen molar-refractivity contribution in [3.05, 3.63) is 94.0 Å². The summed E-state index contributed by atoms with van der Waals surface area (Å²) in [6.07, 6.45) is 7.10. The van der Waals surface area contributed by atoms with Crippen molar-refractivity contribution in [3.63, 3.8) is 0 Å². The fourth-order valence-corrected chi connectivity index (χ4v) is 6.68. The molecule has 1 saturated heterocycles. The summed E-state index contributed by atoms with van der Waals surface area (Å²) in [7, 11) is 0. The minimum Gasteiger partial charge on any atom is -0.399 e. The van der Waals surface area contributed by atoms with Crippen LogP contribution >= 0.6 is 0 Å². The Labute approximate surface area is 226 Å². The molecule has 6 rings (SSSR count). The Morgan fingerprint density at radius 3 is 2.66 bits per heavy atom. The number of alkyl halides is 1. The Kier molecular flexibility index (Phi) is 7.16. The first-order chi connectivity index (χ1) is 18.6. The number of aryl methyl sites for hydroxylation is 1. The number of nitrogens with zero attached hydrogens (tertiary/aromatic N) is 2. The fourth-order valence-electron chi connectivity index (χ4n) is 6.68. The lowest BCUT2D eigenvalue weighted by Gasteiger charge is -2.18. The van der Waals surface area contributed by atoms with Crippen LogP contribution in [0.3, 0.4) is 0 Å². The molecule has 1 aliphatic carbocycles. The Morgan fingerprint density at radius 1 is 0.974 bits per heavy atom. The van der Waals surface area contributed by atoms with Crippen molar-refractivity contribution in [1.82, 2.24) is 4.90 Å². The summed E-state index contributed by atoms with van der Waals surface area (Å²) in [4.78, 5) is 7.14. The van der Waals surface area contributed by atoms with Crippen molar-refractivity contribution in [2.75, 3.05) is 32.0 Å². The molecule has 0 spiro atoms. The zero-order valence-corrected chi connectivity index (χ0v) is 22.5. The largest absolute Gasteiger partial charge is 0.399 e. The quantitative estimate of drug-likeness (QED) is 0.338. The molecular formula is C34H38FN3. The summed E-state index contributed by atoms with van der Waals surface area (Å²) in [5.41, 5.74) is 20.1. The lowest BCUT2D eigenvalue weighted by molar-refractivity contribution is 0.301. The molecule has 3 aliphatic rings. The molecule has 3 aromatic carbocycles. The Hall–Kier alpha value is -3.24. The number of aliphatic imine (C=N–C) groups is 1. The van der Waals surface area contributed by atoms with Crippen LogP contribution in [0.4, 0.5) is 15.8 Å². The smallest absolute Gasteiger partial charge is 0.0906 e. The number of rotatable bonds is 7. The minimum atomic E-state index is -0.213. The van der Waals surface area contributed by atoms with Crippen molar-refractivity contribution in [1.29, 1.82) is 0 Å². The van der Waals surface area contributed by atoms with Crippen LogP contribution in [-0.2, 0) is 19.3 Å². The standard InChI is InChI=1S/C34H38FN3/c1-23-18-29-20-28(10-13-33(29)37-23)31-5-2-4-27-21-30(36)11-12-32(27)34(31)26-8-6-24(7-9-26)19-25-14-17-38(22-25)16-3-15-35/h6-13,20-21,25H,2-5,14-19,22,36H2,1H3. The molecule has 4 heteroatoms. The third-order valence-electron chi connectivity index (χ3n) is 8.50. The fraction of sp³-hybridized carbons (Fsp3) is 0.382. The zero-order valence-electron chi connectivity index (χ0n) is 22.5. The molecule has 0 amide bonds. The number of fused-ring (bicyclic) bond motifs is 2. The van der Waals surface area contributed by atoms with Gasteiger partial charge in [-0.25, -0.2) is 0 Å². The highest BCUT2D eigenvalue weighted by atomic mass is 19.1. The normalized spacial score (nSPS) is 19.3. The maximum Gasteiger partial charge on any atom is 0.0906 e.